The Morgan fingerprint density at radius 2 is 2.05 bits per heavy atom. The Labute approximate surface area is 125 Å². The maximum atomic E-state index is 13.7. The molecular formula is C17H24FN3. The van der Waals surface area contributed by atoms with E-state index in [0.29, 0.717) is 5.92 Å². The molecule has 3 nitrogen and oxygen atoms in total. The Morgan fingerprint density at radius 3 is 2.62 bits per heavy atom. The summed E-state index contributed by atoms with van der Waals surface area (Å²) >= 11 is 0. The maximum Gasteiger partial charge on any atom is 0.125 e. The van der Waals surface area contributed by atoms with Crippen LogP contribution in [0.25, 0.3) is 11.0 Å². The van der Waals surface area contributed by atoms with Gasteiger partial charge < -0.3 is 9.88 Å². The van der Waals surface area contributed by atoms with Crippen molar-refractivity contribution in [3.8, 4) is 0 Å². The number of imidazole rings is 1. The zero-order valence-corrected chi connectivity index (χ0v) is 13.3. The highest BCUT2D eigenvalue weighted by atomic mass is 19.1. The molecule has 1 aromatic heterocycles. The van der Waals surface area contributed by atoms with E-state index >= 15 is 0 Å². The highest BCUT2D eigenvalue weighted by molar-refractivity contribution is 5.76. The first kappa shape index (κ1) is 14.5. The normalized spacial score (nSPS) is 22.8. The van der Waals surface area contributed by atoms with Crippen molar-refractivity contribution in [3.63, 3.8) is 0 Å². The van der Waals surface area contributed by atoms with E-state index in [2.05, 4.69) is 37.6 Å². The smallest absolute Gasteiger partial charge is 0.125 e. The zero-order chi connectivity index (χ0) is 15.2. The Hall–Kier alpha value is -1.42. The Balaban J connectivity index is 2.28. The molecule has 0 amide bonds. The molecule has 1 atom stereocenters. The molecular weight excluding hydrogens is 265 g/mol. The minimum Gasteiger partial charge on any atom is -0.325 e. The number of nitrogens with zero attached hydrogens (tertiary/aromatic N) is 2. The summed E-state index contributed by atoms with van der Waals surface area (Å²) < 4.78 is 15.9. The topological polar surface area (TPSA) is 29.9 Å². The van der Waals surface area contributed by atoms with Crippen molar-refractivity contribution in [1.82, 2.24) is 14.9 Å². The van der Waals surface area contributed by atoms with E-state index in [1.54, 1.807) is 12.1 Å². The molecule has 1 saturated heterocycles. The van der Waals surface area contributed by atoms with Gasteiger partial charge in [0.05, 0.1) is 11.0 Å². The number of rotatable bonds is 3. The third-order valence-corrected chi connectivity index (χ3v) is 4.91. The van der Waals surface area contributed by atoms with Gasteiger partial charge in [-0.1, -0.05) is 13.8 Å². The van der Waals surface area contributed by atoms with Crippen molar-refractivity contribution in [3.05, 3.63) is 29.8 Å². The molecule has 3 rings (SSSR count). The quantitative estimate of drug-likeness (QED) is 0.935. The lowest BCUT2D eigenvalue weighted by atomic mass is 9.75. The average Bonchev–Trinajstić information content (AvgIpc) is 3.02. The van der Waals surface area contributed by atoms with Crippen molar-refractivity contribution in [2.45, 2.75) is 45.6 Å². The molecule has 2 aromatic rings. The molecule has 1 aromatic carbocycles. The molecule has 1 N–H and O–H groups in total. The lowest BCUT2D eigenvalue weighted by Crippen LogP contribution is -2.38. The number of nitrogens with one attached hydrogen (secondary N) is 1. The van der Waals surface area contributed by atoms with Gasteiger partial charge in [0.2, 0.25) is 0 Å². The fraction of sp³-hybridized carbons (Fsp3) is 0.588. The van der Waals surface area contributed by atoms with Gasteiger partial charge in [-0.2, -0.15) is 0 Å². The summed E-state index contributed by atoms with van der Waals surface area (Å²) in [5.74, 6) is 1.41. The molecule has 0 radical (unpaired) electrons. The largest absolute Gasteiger partial charge is 0.325 e. The minimum absolute atomic E-state index is 0.0414. The van der Waals surface area contributed by atoms with Crippen LogP contribution in [-0.4, -0.2) is 22.6 Å². The van der Waals surface area contributed by atoms with Gasteiger partial charge in [0.15, 0.2) is 0 Å². The van der Waals surface area contributed by atoms with Crippen LogP contribution in [0.3, 0.4) is 0 Å². The van der Waals surface area contributed by atoms with E-state index in [1.165, 1.54) is 6.07 Å². The standard InChI is InChI=1S/C17H24FN3/c1-11(2)17(7-8-19-10-17)16-20-14-6-5-13(18)9-15(14)21(16)12(3)4/h5-6,9,11-12,19H,7-8,10H2,1-4H3. The average molecular weight is 289 g/mol. The summed E-state index contributed by atoms with van der Waals surface area (Å²) in [4.78, 5) is 4.91. The first-order valence-corrected chi connectivity index (χ1v) is 7.84. The van der Waals surface area contributed by atoms with Gasteiger partial charge in [0.1, 0.15) is 11.6 Å². The fourth-order valence-corrected chi connectivity index (χ4v) is 3.59. The van der Waals surface area contributed by atoms with Crippen LogP contribution < -0.4 is 5.32 Å². The van der Waals surface area contributed by atoms with Crippen molar-refractivity contribution in [2.24, 2.45) is 5.92 Å². The highest BCUT2D eigenvalue weighted by Gasteiger charge is 2.43. The molecule has 1 fully saturated rings. The predicted molar refractivity (Wildman–Crippen MR) is 84.1 cm³/mol. The SMILES string of the molecule is CC(C)n1c(C2(C(C)C)CCNC2)nc2ccc(F)cc21. The van der Waals surface area contributed by atoms with E-state index in [-0.39, 0.29) is 17.3 Å². The van der Waals surface area contributed by atoms with Crippen LogP contribution in [0.1, 0.15) is 46.0 Å². The van der Waals surface area contributed by atoms with E-state index in [1.807, 2.05) is 0 Å². The van der Waals surface area contributed by atoms with Crippen LogP contribution >= 0.6 is 0 Å². The molecule has 21 heavy (non-hydrogen) atoms. The Bertz CT molecular complexity index is 651. The maximum absolute atomic E-state index is 13.7. The monoisotopic (exact) mass is 289 g/mol. The fourth-order valence-electron chi connectivity index (χ4n) is 3.59. The van der Waals surface area contributed by atoms with E-state index in [9.17, 15) is 4.39 Å². The molecule has 2 heterocycles. The van der Waals surface area contributed by atoms with E-state index in [4.69, 9.17) is 4.98 Å². The molecule has 0 aliphatic carbocycles. The zero-order valence-electron chi connectivity index (χ0n) is 13.3. The number of aromatic nitrogens is 2. The van der Waals surface area contributed by atoms with Gasteiger partial charge in [-0.05, 0) is 50.9 Å². The second kappa shape index (κ2) is 5.09. The summed E-state index contributed by atoms with van der Waals surface area (Å²) in [5.41, 5.74) is 1.85. The van der Waals surface area contributed by atoms with Crippen molar-refractivity contribution >= 4 is 11.0 Å². The molecule has 4 heteroatoms. The van der Waals surface area contributed by atoms with E-state index in [0.717, 1.165) is 36.4 Å². The highest BCUT2D eigenvalue weighted by Crippen LogP contribution is 2.40. The van der Waals surface area contributed by atoms with Crippen molar-refractivity contribution in [2.75, 3.05) is 13.1 Å². The van der Waals surface area contributed by atoms with Crippen LogP contribution in [0.5, 0.6) is 0 Å². The second-order valence-corrected chi connectivity index (χ2v) is 6.77. The van der Waals surface area contributed by atoms with Crippen molar-refractivity contribution in [1.29, 1.82) is 0 Å². The summed E-state index contributed by atoms with van der Waals surface area (Å²) in [6.45, 7) is 10.8. The van der Waals surface area contributed by atoms with Crippen LogP contribution in [0.15, 0.2) is 18.2 Å². The van der Waals surface area contributed by atoms with Crippen LogP contribution in [0.4, 0.5) is 4.39 Å². The summed E-state index contributed by atoms with van der Waals surface area (Å²) in [5, 5.41) is 3.49. The molecule has 0 spiro atoms. The lowest BCUT2D eigenvalue weighted by Gasteiger charge is -2.33. The summed E-state index contributed by atoms with van der Waals surface area (Å²) in [6.07, 6.45) is 1.09. The number of benzene rings is 1. The molecule has 1 unspecified atom stereocenters. The van der Waals surface area contributed by atoms with Gasteiger partial charge in [0.25, 0.3) is 0 Å². The molecule has 1 aliphatic rings. The van der Waals surface area contributed by atoms with Crippen LogP contribution in [-0.2, 0) is 5.41 Å². The summed E-state index contributed by atoms with van der Waals surface area (Å²) in [7, 11) is 0. The van der Waals surface area contributed by atoms with Gasteiger partial charge in [-0.15, -0.1) is 0 Å². The van der Waals surface area contributed by atoms with Gasteiger partial charge in [0, 0.05) is 18.0 Å². The third-order valence-electron chi connectivity index (χ3n) is 4.91. The number of hydrogen-bond acceptors (Lipinski definition) is 2. The number of halogens is 1. The number of fused-ring (bicyclic) bond motifs is 1. The minimum atomic E-state index is -0.195. The molecule has 0 bridgehead atoms. The Kier molecular flexibility index (Phi) is 3.52. The van der Waals surface area contributed by atoms with Crippen molar-refractivity contribution < 1.29 is 4.39 Å². The molecule has 0 saturated carbocycles. The van der Waals surface area contributed by atoms with Crippen LogP contribution in [0.2, 0.25) is 0 Å². The first-order valence-electron chi connectivity index (χ1n) is 7.84. The van der Waals surface area contributed by atoms with Gasteiger partial charge in [-0.3, -0.25) is 0 Å². The first-order chi connectivity index (χ1) is 9.95. The van der Waals surface area contributed by atoms with E-state index < -0.39 is 0 Å². The molecule has 1 aliphatic heterocycles. The number of hydrogen-bond donors (Lipinski definition) is 1. The predicted octanol–water partition coefficient (Wildman–Crippen LogP) is 3.64. The lowest BCUT2D eigenvalue weighted by molar-refractivity contribution is 0.302. The van der Waals surface area contributed by atoms with Gasteiger partial charge in [-0.25, -0.2) is 9.37 Å². The third kappa shape index (κ3) is 2.16. The van der Waals surface area contributed by atoms with Crippen LogP contribution in [0, 0.1) is 11.7 Å². The van der Waals surface area contributed by atoms with Gasteiger partial charge >= 0.3 is 0 Å². The molecule has 114 valence electrons. The second-order valence-electron chi connectivity index (χ2n) is 6.77. The summed E-state index contributed by atoms with van der Waals surface area (Å²) in [6, 6.07) is 5.17. The Morgan fingerprint density at radius 1 is 1.29 bits per heavy atom.